The van der Waals surface area contributed by atoms with E-state index in [0.717, 1.165) is 64.6 Å². The molecule has 5 heterocycles. The summed E-state index contributed by atoms with van der Waals surface area (Å²) >= 11 is 0. The van der Waals surface area contributed by atoms with Gasteiger partial charge >= 0.3 is 6.01 Å². The molecule has 43 heavy (non-hydrogen) atoms. The van der Waals surface area contributed by atoms with Crippen molar-refractivity contribution in [3.05, 3.63) is 54.2 Å². The maximum atomic E-state index is 16.6. The largest absolute Gasteiger partial charge is 0.461 e. The first kappa shape index (κ1) is 27.1. The van der Waals surface area contributed by atoms with E-state index < -0.39 is 17.8 Å². The molecule has 224 valence electrons. The van der Waals surface area contributed by atoms with Gasteiger partial charge in [-0.2, -0.15) is 9.97 Å². The van der Waals surface area contributed by atoms with Crippen molar-refractivity contribution in [3.63, 3.8) is 0 Å². The molecular weight excluding hydrogens is 551 g/mol. The minimum atomic E-state index is -0.774. The molecule has 2 atom stereocenters. The van der Waals surface area contributed by atoms with E-state index >= 15 is 8.78 Å². The molecule has 0 N–H and O–H groups in total. The topological polar surface area (TPSA) is 54.4 Å². The van der Waals surface area contributed by atoms with Crippen LogP contribution in [-0.2, 0) is 0 Å². The molecule has 9 heteroatoms. The highest BCUT2D eigenvalue weighted by Crippen LogP contribution is 2.47. The normalized spacial score (nSPS) is 25.3. The van der Waals surface area contributed by atoms with Crippen LogP contribution in [0.25, 0.3) is 32.9 Å². The van der Waals surface area contributed by atoms with Crippen LogP contribution in [-0.4, -0.2) is 64.3 Å². The summed E-state index contributed by atoms with van der Waals surface area (Å²) in [6.07, 6.45) is 9.14. The van der Waals surface area contributed by atoms with Gasteiger partial charge in [0.25, 0.3) is 0 Å². The van der Waals surface area contributed by atoms with Gasteiger partial charge in [0.05, 0.1) is 10.9 Å². The van der Waals surface area contributed by atoms with E-state index in [1.54, 1.807) is 36.5 Å². The summed E-state index contributed by atoms with van der Waals surface area (Å²) in [5, 5.41) is 1.48. The number of alkyl halides is 1. The van der Waals surface area contributed by atoms with E-state index in [0.29, 0.717) is 53.5 Å². The third kappa shape index (κ3) is 4.53. The second-order valence-corrected chi connectivity index (χ2v) is 13.2. The molecule has 8 rings (SSSR count). The molecule has 6 nitrogen and oxygen atoms in total. The van der Waals surface area contributed by atoms with E-state index in [9.17, 15) is 4.39 Å². The fourth-order valence-electron chi connectivity index (χ4n) is 8.56. The van der Waals surface area contributed by atoms with Gasteiger partial charge in [-0.05, 0) is 87.7 Å². The first-order valence-electron chi connectivity index (χ1n) is 15.7. The van der Waals surface area contributed by atoms with Crippen molar-refractivity contribution in [2.75, 3.05) is 37.7 Å². The van der Waals surface area contributed by atoms with Crippen LogP contribution in [0.2, 0.25) is 0 Å². The number of ether oxygens (including phenoxy) is 1. The van der Waals surface area contributed by atoms with Crippen molar-refractivity contribution >= 4 is 27.5 Å². The van der Waals surface area contributed by atoms with E-state index in [2.05, 4.69) is 19.8 Å². The molecule has 1 saturated carbocycles. The number of aromatic nitrogens is 3. The Morgan fingerprint density at radius 2 is 1.72 bits per heavy atom. The lowest BCUT2D eigenvalue weighted by Gasteiger charge is -2.41. The fraction of sp³-hybridized carbons (Fsp3) is 0.500. The van der Waals surface area contributed by atoms with E-state index in [1.807, 2.05) is 0 Å². The number of fused-ring (bicyclic) bond motifs is 3. The number of hydrogen-bond donors (Lipinski definition) is 0. The van der Waals surface area contributed by atoms with Crippen molar-refractivity contribution in [3.8, 4) is 17.3 Å². The molecule has 0 radical (unpaired) electrons. The first-order chi connectivity index (χ1) is 20.9. The SMILES string of the molecule is Fc1c(-c2cccc3cccc(F)c23)ncc2c(N3CCCC4(CCC(F)C4)C3)nc(OCC34CCCN3CCC4)nc12. The molecule has 4 aliphatic rings. The van der Waals surface area contributed by atoms with Crippen molar-refractivity contribution in [2.45, 2.75) is 69.5 Å². The third-order valence-electron chi connectivity index (χ3n) is 10.6. The number of pyridine rings is 1. The predicted molar refractivity (Wildman–Crippen MR) is 161 cm³/mol. The molecule has 4 aromatic rings. The number of hydrogen-bond acceptors (Lipinski definition) is 6. The Kier molecular flexibility index (Phi) is 6.51. The zero-order valence-electron chi connectivity index (χ0n) is 24.3. The van der Waals surface area contributed by atoms with Gasteiger partial charge in [0.2, 0.25) is 0 Å². The van der Waals surface area contributed by atoms with Gasteiger partial charge in [0.1, 0.15) is 35.6 Å². The van der Waals surface area contributed by atoms with Crippen molar-refractivity contribution in [1.82, 2.24) is 19.9 Å². The van der Waals surface area contributed by atoms with Gasteiger partial charge in [-0.15, -0.1) is 0 Å². The Bertz CT molecular complexity index is 1700. The summed E-state index contributed by atoms with van der Waals surface area (Å²) in [5.41, 5.74) is 0.410. The molecule has 2 unspecified atom stereocenters. The molecular formula is C34H36F3N5O. The maximum absolute atomic E-state index is 16.6. The molecule has 3 aliphatic heterocycles. The Labute approximate surface area is 249 Å². The predicted octanol–water partition coefficient (Wildman–Crippen LogP) is 7.24. The van der Waals surface area contributed by atoms with Crippen LogP contribution in [0, 0.1) is 17.0 Å². The van der Waals surface area contributed by atoms with Crippen LogP contribution >= 0.6 is 0 Å². The Balaban J connectivity index is 1.24. The minimum Gasteiger partial charge on any atom is -0.461 e. The average molecular weight is 588 g/mol. The third-order valence-corrected chi connectivity index (χ3v) is 10.6. The summed E-state index contributed by atoms with van der Waals surface area (Å²) in [5.74, 6) is -0.476. The molecule has 4 fully saturated rings. The van der Waals surface area contributed by atoms with E-state index in [1.165, 1.54) is 6.07 Å². The lowest BCUT2D eigenvalue weighted by atomic mass is 9.78. The number of rotatable bonds is 5. The van der Waals surface area contributed by atoms with Crippen LogP contribution < -0.4 is 9.64 Å². The smallest absolute Gasteiger partial charge is 0.319 e. The Hall–Kier alpha value is -3.46. The first-order valence-corrected chi connectivity index (χ1v) is 15.7. The summed E-state index contributed by atoms with van der Waals surface area (Å²) < 4.78 is 52.4. The van der Waals surface area contributed by atoms with E-state index in [-0.39, 0.29) is 28.2 Å². The molecule has 1 spiro atoms. The van der Waals surface area contributed by atoms with Crippen molar-refractivity contribution in [2.24, 2.45) is 5.41 Å². The van der Waals surface area contributed by atoms with Crippen LogP contribution in [0.5, 0.6) is 6.01 Å². The van der Waals surface area contributed by atoms with Gasteiger partial charge in [-0.3, -0.25) is 9.88 Å². The number of halogens is 3. The number of anilines is 1. The highest BCUT2D eigenvalue weighted by atomic mass is 19.1. The van der Waals surface area contributed by atoms with Crippen LogP contribution in [0.4, 0.5) is 19.0 Å². The second-order valence-electron chi connectivity index (χ2n) is 13.2. The lowest BCUT2D eigenvalue weighted by molar-refractivity contribution is 0.107. The Morgan fingerprint density at radius 3 is 2.51 bits per heavy atom. The van der Waals surface area contributed by atoms with E-state index in [4.69, 9.17) is 9.72 Å². The van der Waals surface area contributed by atoms with Crippen LogP contribution in [0.1, 0.15) is 57.8 Å². The molecule has 2 aromatic heterocycles. The minimum absolute atomic E-state index is 0.0178. The summed E-state index contributed by atoms with van der Waals surface area (Å²) in [7, 11) is 0. The van der Waals surface area contributed by atoms with Gasteiger partial charge in [-0.25, -0.2) is 13.2 Å². The fourth-order valence-corrected chi connectivity index (χ4v) is 8.56. The summed E-state index contributed by atoms with van der Waals surface area (Å²) in [4.78, 5) is 18.8. The second kappa shape index (κ2) is 10.3. The molecule has 1 aliphatic carbocycles. The number of piperidine rings is 1. The van der Waals surface area contributed by atoms with Gasteiger partial charge in [0, 0.05) is 30.2 Å². The van der Waals surface area contributed by atoms with Gasteiger partial charge in [-0.1, -0.05) is 30.3 Å². The summed E-state index contributed by atoms with van der Waals surface area (Å²) in [6, 6.07) is 10.2. The van der Waals surface area contributed by atoms with Gasteiger partial charge < -0.3 is 9.64 Å². The quantitative estimate of drug-likeness (QED) is 0.245. The van der Waals surface area contributed by atoms with Gasteiger partial charge in [0.15, 0.2) is 5.82 Å². The van der Waals surface area contributed by atoms with Crippen molar-refractivity contribution < 1.29 is 17.9 Å². The van der Waals surface area contributed by atoms with Crippen LogP contribution in [0.3, 0.4) is 0 Å². The standard InChI is InChI=1S/C34H36F3N5O/c35-23-10-14-33(18-23)11-3-15-41(20-33)31-25-19-38-29(24-8-1-6-22-7-2-9-26(36)27(22)24)28(37)30(25)39-32(40-31)43-21-34-12-4-16-42(34)17-5-13-34/h1-2,6-9,19,23H,3-5,10-18,20-21H2. The lowest BCUT2D eigenvalue weighted by Crippen LogP contribution is -2.44. The van der Waals surface area contributed by atoms with Crippen molar-refractivity contribution in [1.29, 1.82) is 0 Å². The maximum Gasteiger partial charge on any atom is 0.319 e. The molecule has 2 aromatic carbocycles. The Morgan fingerprint density at radius 1 is 0.930 bits per heavy atom. The highest BCUT2D eigenvalue weighted by Gasteiger charge is 2.45. The zero-order valence-corrected chi connectivity index (χ0v) is 24.3. The molecule has 3 saturated heterocycles. The number of benzene rings is 2. The monoisotopic (exact) mass is 587 g/mol. The molecule has 0 amide bonds. The highest BCUT2D eigenvalue weighted by molar-refractivity contribution is 5.99. The molecule has 0 bridgehead atoms. The zero-order chi connectivity index (χ0) is 29.2. The summed E-state index contributed by atoms with van der Waals surface area (Å²) in [6.45, 7) is 4.00. The van der Waals surface area contributed by atoms with Crippen LogP contribution in [0.15, 0.2) is 42.6 Å². The average Bonchev–Trinajstić information content (AvgIpc) is 3.70. The number of nitrogens with zero attached hydrogens (tertiary/aromatic N) is 5.